The van der Waals surface area contributed by atoms with E-state index in [0.717, 1.165) is 0 Å². The zero-order valence-corrected chi connectivity index (χ0v) is 5.67. The molecule has 1 rings (SSSR count). The third-order valence-electron chi connectivity index (χ3n) is 1.77. The molecule has 11 heavy (non-hydrogen) atoms. The van der Waals surface area contributed by atoms with Crippen molar-refractivity contribution in [2.45, 2.75) is 6.43 Å². The summed E-state index contributed by atoms with van der Waals surface area (Å²) in [7, 11) is 0. The van der Waals surface area contributed by atoms with Crippen molar-refractivity contribution in [2.75, 3.05) is 13.2 Å². The van der Waals surface area contributed by atoms with E-state index in [0.29, 0.717) is 0 Å². The molecule has 1 N–H and O–H groups in total. The molecular weight excluding hydrogens is 158 g/mol. The van der Waals surface area contributed by atoms with Crippen LogP contribution in [0.5, 0.6) is 0 Å². The summed E-state index contributed by atoms with van der Waals surface area (Å²) in [6.45, 7) is -0.237. The van der Waals surface area contributed by atoms with Gasteiger partial charge in [0.25, 0.3) is 0 Å². The molecule has 5 heteroatoms. The predicted octanol–water partition coefficient (Wildman–Crippen LogP) is 0.599. The SMILES string of the molecule is O=C(O)C1COCC1C(F)F. The highest BCUT2D eigenvalue weighted by Crippen LogP contribution is 2.26. The lowest BCUT2D eigenvalue weighted by Gasteiger charge is -2.10. The first kappa shape index (κ1) is 8.39. The molecule has 0 amide bonds. The highest BCUT2D eigenvalue weighted by atomic mass is 19.3. The van der Waals surface area contributed by atoms with Crippen LogP contribution in [0.2, 0.25) is 0 Å². The van der Waals surface area contributed by atoms with Crippen LogP contribution >= 0.6 is 0 Å². The minimum atomic E-state index is -2.60. The van der Waals surface area contributed by atoms with Crippen molar-refractivity contribution in [1.82, 2.24) is 0 Å². The summed E-state index contributed by atoms with van der Waals surface area (Å²) in [5.41, 5.74) is 0. The fraction of sp³-hybridized carbons (Fsp3) is 0.833. The number of aliphatic carboxylic acids is 1. The first-order valence-corrected chi connectivity index (χ1v) is 3.21. The zero-order valence-electron chi connectivity index (χ0n) is 5.67. The maximum absolute atomic E-state index is 12.0. The lowest BCUT2D eigenvalue weighted by Crippen LogP contribution is -2.27. The summed E-state index contributed by atoms with van der Waals surface area (Å²) in [5.74, 6) is -3.37. The van der Waals surface area contributed by atoms with Crippen molar-refractivity contribution in [3.63, 3.8) is 0 Å². The average molecular weight is 166 g/mol. The number of ether oxygens (including phenoxy) is 1. The molecule has 2 atom stereocenters. The van der Waals surface area contributed by atoms with E-state index in [1.54, 1.807) is 0 Å². The largest absolute Gasteiger partial charge is 0.481 e. The molecule has 0 aliphatic carbocycles. The minimum Gasteiger partial charge on any atom is -0.481 e. The Bertz CT molecular complexity index is 160. The highest BCUT2D eigenvalue weighted by molar-refractivity contribution is 5.70. The van der Waals surface area contributed by atoms with Gasteiger partial charge in [0.1, 0.15) is 0 Å². The number of halogens is 2. The van der Waals surface area contributed by atoms with E-state index < -0.39 is 24.2 Å². The van der Waals surface area contributed by atoms with E-state index in [1.165, 1.54) is 0 Å². The molecule has 1 aliphatic rings. The number of rotatable bonds is 2. The van der Waals surface area contributed by atoms with Crippen LogP contribution in [0.15, 0.2) is 0 Å². The van der Waals surface area contributed by atoms with Crippen LogP contribution in [0.1, 0.15) is 0 Å². The summed E-state index contributed by atoms with van der Waals surface area (Å²) in [4.78, 5) is 10.3. The van der Waals surface area contributed by atoms with Crippen molar-refractivity contribution < 1.29 is 23.4 Å². The molecule has 1 saturated heterocycles. The van der Waals surface area contributed by atoms with Crippen LogP contribution in [0, 0.1) is 11.8 Å². The van der Waals surface area contributed by atoms with Gasteiger partial charge in [-0.05, 0) is 0 Å². The van der Waals surface area contributed by atoms with Gasteiger partial charge in [0.2, 0.25) is 6.43 Å². The Balaban J connectivity index is 2.58. The Morgan fingerprint density at radius 2 is 2.18 bits per heavy atom. The third kappa shape index (κ3) is 1.65. The maximum Gasteiger partial charge on any atom is 0.309 e. The fourth-order valence-corrected chi connectivity index (χ4v) is 1.07. The molecule has 0 spiro atoms. The van der Waals surface area contributed by atoms with Gasteiger partial charge >= 0.3 is 5.97 Å². The number of hydrogen-bond acceptors (Lipinski definition) is 2. The van der Waals surface area contributed by atoms with Crippen LogP contribution in [-0.4, -0.2) is 30.7 Å². The van der Waals surface area contributed by atoms with E-state index >= 15 is 0 Å². The lowest BCUT2D eigenvalue weighted by atomic mass is 9.97. The molecule has 2 unspecified atom stereocenters. The summed E-state index contributed by atoms with van der Waals surface area (Å²) >= 11 is 0. The van der Waals surface area contributed by atoms with Gasteiger partial charge in [0.15, 0.2) is 0 Å². The Kier molecular flexibility index (Phi) is 2.38. The van der Waals surface area contributed by atoms with Gasteiger partial charge in [-0.25, -0.2) is 8.78 Å². The quantitative estimate of drug-likeness (QED) is 0.653. The third-order valence-corrected chi connectivity index (χ3v) is 1.77. The molecule has 0 saturated carbocycles. The van der Waals surface area contributed by atoms with Crippen molar-refractivity contribution in [3.05, 3.63) is 0 Å². The van der Waals surface area contributed by atoms with E-state index in [1.807, 2.05) is 0 Å². The Morgan fingerprint density at radius 1 is 1.55 bits per heavy atom. The Hall–Kier alpha value is -0.710. The topological polar surface area (TPSA) is 46.5 Å². The minimum absolute atomic E-state index is 0.0929. The van der Waals surface area contributed by atoms with E-state index in [4.69, 9.17) is 5.11 Å². The second kappa shape index (κ2) is 3.13. The summed E-state index contributed by atoms with van der Waals surface area (Å²) < 4.78 is 28.6. The Morgan fingerprint density at radius 3 is 2.55 bits per heavy atom. The van der Waals surface area contributed by atoms with Crippen molar-refractivity contribution in [3.8, 4) is 0 Å². The van der Waals surface area contributed by atoms with Crippen molar-refractivity contribution >= 4 is 5.97 Å². The molecule has 0 aromatic heterocycles. The molecule has 3 nitrogen and oxygen atoms in total. The number of carbonyl (C=O) groups is 1. The first-order valence-electron chi connectivity index (χ1n) is 3.21. The van der Waals surface area contributed by atoms with Gasteiger partial charge in [0.05, 0.1) is 25.0 Å². The molecule has 64 valence electrons. The summed E-state index contributed by atoms with van der Waals surface area (Å²) in [6, 6.07) is 0. The Labute approximate surface area is 62.0 Å². The molecule has 0 aromatic rings. The first-order chi connectivity index (χ1) is 5.13. The smallest absolute Gasteiger partial charge is 0.309 e. The normalized spacial score (nSPS) is 31.2. The second-order valence-electron chi connectivity index (χ2n) is 2.48. The molecular formula is C6H8F2O3. The van der Waals surface area contributed by atoms with Gasteiger partial charge in [0, 0.05) is 0 Å². The molecule has 1 heterocycles. The number of carboxylic acids is 1. The van der Waals surface area contributed by atoms with Crippen molar-refractivity contribution in [2.24, 2.45) is 11.8 Å². The molecule has 0 bridgehead atoms. The summed E-state index contributed by atoms with van der Waals surface area (Å²) in [5, 5.41) is 8.42. The average Bonchev–Trinajstić information content (AvgIpc) is 2.32. The standard InChI is InChI=1S/C6H8F2O3/c7-5(8)3-1-11-2-4(3)6(9)10/h3-5H,1-2H2,(H,9,10). The highest BCUT2D eigenvalue weighted by Gasteiger charge is 2.39. The van der Waals surface area contributed by atoms with Gasteiger partial charge in [-0.15, -0.1) is 0 Å². The van der Waals surface area contributed by atoms with Crippen LogP contribution in [0.4, 0.5) is 8.78 Å². The molecule has 0 radical (unpaired) electrons. The van der Waals surface area contributed by atoms with Crippen LogP contribution < -0.4 is 0 Å². The fourth-order valence-electron chi connectivity index (χ4n) is 1.07. The molecule has 0 aromatic carbocycles. The maximum atomic E-state index is 12.0. The van der Waals surface area contributed by atoms with Gasteiger partial charge in [-0.3, -0.25) is 4.79 Å². The van der Waals surface area contributed by atoms with Crippen LogP contribution in [0.25, 0.3) is 0 Å². The van der Waals surface area contributed by atoms with E-state index in [9.17, 15) is 13.6 Å². The van der Waals surface area contributed by atoms with Gasteiger partial charge in [-0.2, -0.15) is 0 Å². The number of alkyl halides is 2. The number of carboxylic acid groups (broad SMARTS) is 1. The second-order valence-corrected chi connectivity index (χ2v) is 2.48. The van der Waals surface area contributed by atoms with Crippen LogP contribution in [0.3, 0.4) is 0 Å². The monoisotopic (exact) mass is 166 g/mol. The molecule has 1 fully saturated rings. The van der Waals surface area contributed by atoms with Gasteiger partial charge < -0.3 is 9.84 Å². The lowest BCUT2D eigenvalue weighted by molar-refractivity contribution is -0.144. The van der Waals surface area contributed by atoms with Crippen molar-refractivity contribution in [1.29, 1.82) is 0 Å². The van der Waals surface area contributed by atoms with E-state index in [-0.39, 0.29) is 13.2 Å². The van der Waals surface area contributed by atoms with E-state index in [2.05, 4.69) is 4.74 Å². The predicted molar refractivity (Wildman–Crippen MR) is 31.4 cm³/mol. The summed E-state index contributed by atoms with van der Waals surface area (Å²) in [6.07, 6.45) is -2.60. The van der Waals surface area contributed by atoms with Crippen LogP contribution in [-0.2, 0) is 9.53 Å². The van der Waals surface area contributed by atoms with Gasteiger partial charge in [-0.1, -0.05) is 0 Å². The molecule has 1 aliphatic heterocycles. The number of hydrogen-bond donors (Lipinski definition) is 1. The zero-order chi connectivity index (χ0) is 8.43.